The van der Waals surface area contributed by atoms with Crippen molar-refractivity contribution in [3.8, 4) is 0 Å². The predicted molar refractivity (Wildman–Crippen MR) is 78.3 cm³/mol. The lowest BCUT2D eigenvalue weighted by Crippen LogP contribution is -2.25. The molecule has 108 valence electrons. The van der Waals surface area contributed by atoms with E-state index in [1.54, 1.807) is 24.6 Å². The molecule has 2 rings (SSSR count). The third kappa shape index (κ3) is 3.00. The van der Waals surface area contributed by atoms with Crippen LogP contribution in [0.3, 0.4) is 0 Å². The number of halogens is 1. The summed E-state index contributed by atoms with van der Waals surface area (Å²) in [7, 11) is -1.91. The van der Waals surface area contributed by atoms with Crippen molar-refractivity contribution in [2.45, 2.75) is 18.4 Å². The Balaban J connectivity index is 2.27. The van der Waals surface area contributed by atoms with Crippen LogP contribution in [0.1, 0.15) is 11.4 Å². The van der Waals surface area contributed by atoms with Crippen molar-refractivity contribution in [2.24, 2.45) is 7.05 Å². The van der Waals surface area contributed by atoms with Crippen LogP contribution in [0.4, 0.5) is 5.69 Å². The van der Waals surface area contributed by atoms with Crippen molar-refractivity contribution in [3.05, 3.63) is 34.3 Å². The van der Waals surface area contributed by atoms with Crippen LogP contribution in [0.15, 0.2) is 27.8 Å². The molecule has 0 spiro atoms. The van der Waals surface area contributed by atoms with Gasteiger partial charge in [-0.25, -0.2) is 13.1 Å². The van der Waals surface area contributed by atoms with Gasteiger partial charge in [0.2, 0.25) is 10.0 Å². The van der Waals surface area contributed by atoms with Crippen molar-refractivity contribution in [1.29, 1.82) is 0 Å². The molecule has 0 atom stereocenters. The lowest BCUT2D eigenvalue weighted by molar-refractivity contribution is 0.577. The Morgan fingerprint density at radius 3 is 2.75 bits per heavy atom. The van der Waals surface area contributed by atoms with Crippen LogP contribution in [-0.2, 0) is 23.6 Å². The van der Waals surface area contributed by atoms with Gasteiger partial charge in [-0.1, -0.05) is 0 Å². The molecule has 0 fully saturated rings. The van der Waals surface area contributed by atoms with Crippen LogP contribution >= 0.6 is 15.9 Å². The number of hydrogen-bond acceptors (Lipinski definition) is 5. The number of sulfonamides is 1. The molecule has 0 unspecified atom stereocenters. The first-order valence-electron chi connectivity index (χ1n) is 5.69. The average molecular weight is 360 g/mol. The fourth-order valence-electron chi connectivity index (χ4n) is 1.66. The Morgan fingerprint density at radius 2 is 2.15 bits per heavy atom. The third-order valence-corrected chi connectivity index (χ3v) is 5.04. The summed E-state index contributed by atoms with van der Waals surface area (Å²) in [6, 6.07) is 3.10. The second kappa shape index (κ2) is 5.51. The molecular formula is C11H14BrN5O2S. The second-order valence-electron chi connectivity index (χ2n) is 4.32. The van der Waals surface area contributed by atoms with Gasteiger partial charge >= 0.3 is 0 Å². The fourth-order valence-corrected chi connectivity index (χ4v) is 3.36. The highest BCUT2D eigenvalue weighted by Crippen LogP contribution is 2.26. The standard InChI is InChI=1S/C11H14BrN5O2S/c1-7-3-8(12)9(13)4-10(7)20(18,19)15-5-11-16-14-6-17(11)2/h3-4,6,15H,5,13H2,1-2H3. The topological polar surface area (TPSA) is 103 Å². The number of hydrogen-bond donors (Lipinski definition) is 2. The van der Waals surface area contributed by atoms with Crippen molar-refractivity contribution in [3.63, 3.8) is 0 Å². The monoisotopic (exact) mass is 359 g/mol. The summed E-state index contributed by atoms with van der Waals surface area (Å²) in [6.07, 6.45) is 1.51. The van der Waals surface area contributed by atoms with Gasteiger partial charge in [-0.15, -0.1) is 10.2 Å². The summed E-state index contributed by atoms with van der Waals surface area (Å²) in [5.74, 6) is 0.524. The normalized spacial score (nSPS) is 11.8. The molecular weight excluding hydrogens is 346 g/mol. The molecule has 20 heavy (non-hydrogen) atoms. The van der Waals surface area contributed by atoms with E-state index in [2.05, 4.69) is 30.8 Å². The highest BCUT2D eigenvalue weighted by molar-refractivity contribution is 9.10. The first-order chi connectivity index (χ1) is 9.31. The summed E-state index contributed by atoms with van der Waals surface area (Å²) in [5.41, 5.74) is 6.71. The van der Waals surface area contributed by atoms with Gasteiger partial charge < -0.3 is 10.3 Å². The fraction of sp³-hybridized carbons (Fsp3) is 0.273. The Kier molecular flexibility index (Phi) is 4.11. The summed E-state index contributed by atoms with van der Waals surface area (Å²) < 4.78 is 29.4. The number of rotatable bonds is 4. The van der Waals surface area contributed by atoms with Crippen molar-refractivity contribution >= 4 is 31.6 Å². The first-order valence-corrected chi connectivity index (χ1v) is 7.97. The van der Waals surface area contributed by atoms with Crippen LogP contribution in [0.25, 0.3) is 0 Å². The molecule has 7 nitrogen and oxygen atoms in total. The minimum absolute atomic E-state index is 0.0637. The molecule has 1 aromatic carbocycles. The largest absolute Gasteiger partial charge is 0.398 e. The number of nitrogens with one attached hydrogen (secondary N) is 1. The van der Waals surface area contributed by atoms with Gasteiger partial charge in [-0.2, -0.15) is 0 Å². The van der Waals surface area contributed by atoms with E-state index in [0.29, 0.717) is 21.5 Å². The van der Waals surface area contributed by atoms with Crippen molar-refractivity contribution < 1.29 is 8.42 Å². The first kappa shape index (κ1) is 14.9. The highest BCUT2D eigenvalue weighted by Gasteiger charge is 2.19. The maximum absolute atomic E-state index is 12.3. The SMILES string of the molecule is Cc1cc(Br)c(N)cc1S(=O)(=O)NCc1nncn1C. The van der Waals surface area contributed by atoms with E-state index in [1.807, 2.05) is 0 Å². The lowest BCUT2D eigenvalue weighted by atomic mass is 10.2. The van der Waals surface area contributed by atoms with Crippen LogP contribution in [-0.4, -0.2) is 23.2 Å². The van der Waals surface area contributed by atoms with Crippen LogP contribution in [0, 0.1) is 6.92 Å². The number of nitrogens with two attached hydrogens (primary N) is 1. The summed E-state index contributed by atoms with van der Waals surface area (Å²) in [4.78, 5) is 0.153. The lowest BCUT2D eigenvalue weighted by Gasteiger charge is -2.11. The highest BCUT2D eigenvalue weighted by atomic mass is 79.9. The minimum Gasteiger partial charge on any atom is -0.398 e. The molecule has 1 aromatic heterocycles. The maximum atomic E-state index is 12.3. The van der Waals surface area contributed by atoms with E-state index in [-0.39, 0.29) is 11.4 Å². The zero-order valence-electron chi connectivity index (χ0n) is 11.0. The molecule has 1 heterocycles. The molecule has 2 aromatic rings. The molecule has 0 aliphatic rings. The van der Waals surface area contributed by atoms with Gasteiger partial charge in [0, 0.05) is 17.2 Å². The Hall–Kier alpha value is -1.45. The number of nitrogens with zero attached hydrogens (tertiary/aromatic N) is 3. The van der Waals surface area contributed by atoms with Crippen LogP contribution in [0.5, 0.6) is 0 Å². The molecule has 3 N–H and O–H groups in total. The zero-order valence-corrected chi connectivity index (χ0v) is 13.4. The molecule has 0 amide bonds. The predicted octanol–water partition coefficient (Wildman–Crippen LogP) is 0.947. The maximum Gasteiger partial charge on any atom is 0.241 e. The number of anilines is 1. The summed E-state index contributed by atoms with van der Waals surface area (Å²) >= 11 is 3.27. The Morgan fingerprint density at radius 1 is 1.45 bits per heavy atom. The van der Waals surface area contributed by atoms with Crippen molar-refractivity contribution in [2.75, 3.05) is 5.73 Å². The average Bonchev–Trinajstić information content (AvgIpc) is 2.77. The Labute approximate surface area is 125 Å². The van der Waals surface area contributed by atoms with E-state index >= 15 is 0 Å². The minimum atomic E-state index is -3.65. The molecule has 0 aliphatic heterocycles. The zero-order chi connectivity index (χ0) is 14.9. The van der Waals surface area contributed by atoms with Crippen molar-refractivity contribution in [1.82, 2.24) is 19.5 Å². The smallest absolute Gasteiger partial charge is 0.241 e. The molecule has 0 bridgehead atoms. The van der Waals surface area contributed by atoms with Gasteiger partial charge in [-0.05, 0) is 40.5 Å². The number of nitrogen functional groups attached to an aromatic ring is 1. The Bertz CT molecular complexity index is 741. The number of benzene rings is 1. The summed E-state index contributed by atoms with van der Waals surface area (Å²) in [5, 5.41) is 7.51. The van der Waals surface area contributed by atoms with Crippen LogP contribution in [0.2, 0.25) is 0 Å². The molecule has 0 aliphatic carbocycles. The molecule has 0 saturated carbocycles. The van der Waals surface area contributed by atoms with E-state index in [0.717, 1.165) is 0 Å². The third-order valence-electron chi connectivity index (χ3n) is 2.81. The second-order valence-corrected chi connectivity index (χ2v) is 6.91. The van der Waals surface area contributed by atoms with Gasteiger partial charge in [0.1, 0.15) is 12.2 Å². The van der Waals surface area contributed by atoms with E-state index < -0.39 is 10.0 Å². The van der Waals surface area contributed by atoms with Gasteiger partial charge in [0.25, 0.3) is 0 Å². The van der Waals surface area contributed by atoms with Crippen LogP contribution < -0.4 is 10.5 Å². The number of aromatic nitrogens is 3. The molecule has 9 heteroatoms. The van der Waals surface area contributed by atoms with E-state index in [9.17, 15) is 8.42 Å². The number of aryl methyl sites for hydroxylation is 2. The van der Waals surface area contributed by atoms with Gasteiger partial charge in [-0.3, -0.25) is 0 Å². The molecule has 0 saturated heterocycles. The van der Waals surface area contributed by atoms with E-state index in [4.69, 9.17) is 5.73 Å². The van der Waals surface area contributed by atoms with Gasteiger partial charge in [0.15, 0.2) is 0 Å². The van der Waals surface area contributed by atoms with Gasteiger partial charge in [0.05, 0.1) is 11.4 Å². The molecule has 0 radical (unpaired) electrons. The quantitative estimate of drug-likeness (QED) is 0.791. The van der Waals surface area contributed by atoms with E-state index in [1.165, 1.54) is 12.4 Å². The summed E-state index contributed by atoms with van der Waals surface area (Å²) in [6.45, 7) is 1.77.